The molecule has 1 aliphatic rings. The van der Waals surface area contributed by atoms with Crippen molar-refractivity contribution >= 4 is 22.0 Å². The lowest BCUT2D eigenvalue weighted by Gasteiger charge is -2.32. The van der Waals surface area contributed by atoms with Crippen LogP contribution < -0.4 is 0 Å². The quantitative estimate of drug-likeness (QED) is 0.897. The van der Waals surface area contributed by atoms with Crippen molar-refractivity contribution in [3.8, 4) is 0 Å². The van der Waals surface area contributed by atoms with E-state index in [0.29, 0.717) is 19.5 Å². The van der Waals surface area contributed by atoms with Gasteiger partial charge in [-0.2, -0.15) is 0 Å². The standard InChI is InChI=1S/C14H18BrNO3/c15-12-3-1-2-10(8-12)9-13(17)11-4-6-16(7-5-11)14(18)19/h1-3,8,11,13,17H,4-7,9H2,(H,18,19). The van der Waals surface area contributed by atoms with Crippen molar-refractivity contribution in [2.45, 2.75) is 25.4 Å². The summed E-state index contributed by atoms with van der Waals surface area (Å²) in [6.45, 7) is 1.05. The molecule has 1 amide bonds. The molecule has 1 heterocycles. The highest BCUT2D eigenvalue weighted by Crippen LogP contribution is 2.24. The van der Waals surface area contributed by atoms with Gasteiger partial charge in [0.2, 0.25) is 0 Å². The summed E-state index contributed by atoms with van der Waals surface area (Å²) in [5, 5.41) is 19.1. The van der Waals surface area contributed by atoms with Crippen LogP contribution in [0, 0.1) is 5.92 Å². The molecule has 1 aromatic rings. The number of hydrogen-bond acceptors (Lipinski definition) is 2. The van der Waals surface area contributed by atoms with Crippen molar-refractivity contribution in [3.05, 3.63) is 34.3 Å². The second-order valence-electron chi connectivity index (χ2n) is 5.01. The fourth-order valence-electron chi connectivity index (χ4n) is 2.55. The van der Waals surface area contributed by atoms with E-state index < -0.39 is 12.2 Å². The number of hydrogen-bond donors (Lipinski definition) is 2. The summed E-state index contributed by atoms with van der Waals surface area (Å²) >= 11 is 3.42. The normalized spacial score (nSPS) is 18.3. The first-order valence-electron chi connectivity index (χ1n) is 6.46. The second kappa shape index (κ2) is 6.39. The first-order chi connectivity index (χ1) is 9.06. The number of carboxylic acid groups (broad SMARTS) is 1. The molecule has 0 bridgehead atoms. The third kappa shape index (κ3) is 3.94. The third-order valence-electron chi connectivity index (χ3n) is 3.69. The summed E-state index contributed by atoms with van der Waals surface area (Å²) in [5.74, 6) is 0.189. The highest BCUT2D eigenvalue weighted by Gasteiger charge is 2.27. The second-order valence-corrected chi connectivity index (χ2v) is 5.92. The summed E-state index contributed by atoms with van der Waals surface area (Å²) in [6, 6.07) is 7.93. The number of aliphatic hydroxyl groups excluding tert-OH is 1. The van der Waals surface area contributed by atoms with Crippen LogP contribution in [0.3, 0.4) is 0 Å². The lowest BCUT2D eigenvalue weighted by Crippen LogP contribution is -2.40. The van der Waals surface area contributed by atoms with E-state index in [4.69, 9.17) is 5.11 Å². The van der Waals surface area contributed by atoms with E-state index in [9.17, 15) is 9.90 Å². The minimum absolute atomic E-state index is 0.189. The molecular weight excluding hydrogens is 310 g/mol. The first kappa shape index (κ1) is 14.3. The highest BCUT2D eigenvalue weighted by atomic mass is 79.9. The predicted octanol–water partition coefficient (Wildman–Crippen LogP) is 2.74. The summed E-state index contributed by atoms with van der Waals surface area (Å²) < 4.78 is 1.01. The first-order valence-corrected chi connectivity index (χ1v) is 7.26. The number of likely N-dealkylation sites (tertiary alicyclic amines) is 1. The van der Waals surface area contributed by atoms with E-state index in [2.05, 4.69) is 15.9 Å². The zero-order chi connectivity index (χ0) is 13.8. The van der Waals surface area contributed by atoms with Gasteiger partial charge >= 0.3 is 6.09 Å². The molecule has 1 saturated heterocycles. The van der Waals surface area contributed by atoms with Crippen LogP contribution in [0.15, 0.2) is 28.7 Å². The zero-order valence-corrected chi connectivity index (χ0v) is 12.2. The van der Waals surface area contributed by atoms with Crippen molar-refractivity contribution in [1.82, 2.24) is 4.90 Å². The van der Waals surface area contributed by atoms with Gasteiger partial charge in [0.15, 0.2) is 0 Å². The molecule has 0 saturated carbocycles. The van der Waals surface area contributed by atoms with Gasteiger partial charge in [0, 0.05) is 17.6 Å². The number of carbonyl (C=O) groups is 1. The van der Waals surface area contributed by atoms with Crippen LogP contribution in [0.2, 0.25) is 0 Å². The Labute approximate surface area is 121 Å². The Morgan fingerprint density at radius 1 is 1.42 bits per heavy atom. The van der Waals surface area contributed by atoms with Gasteiger partial charge in [-0.1, -0.05) is 28.1 Å². The molecule has 0 spiro atoms. The molecule has 1 unspecified atom stereocenters. The molecule has 4 nitrogen and oxygen atoms in total. The highest BCUT2D eigenvalue weighted by molar-refractivity contribution is 9.10. The third-order valence-corrected chi connectivity index (χ3v) is 4.18. The Kier molecular flexibility index (Phi) is 4.82. The van der Waals surface area contributed by atoms with Crippen LogP contribution in [0.5, 0.6) is 0 Å². The number of benzene rings is 1. The number of piperidine rings is 1. The maximum atomic E-state index is 10.8. The van der Waals surface area contributed by atoms with Crippen molar-refractivity contribution in [1.29, 1.82) is 0 Å². The molecule has 1 fully saturated rings. The van der Waals surface area contributed by atoms with Crippen LogP contribution in [-0.2, 0) is 6.42 Å². The largest absolute Gasteiger partial charge is 0.465 e. The van der Waals surface area contributed by atoms with E-state index in [1.54, 1.807) is 0 Å². The van der Waals surface area contributed by atoms with Crippen LogP contribution in [0.25, 0.3) is 0 Å². The fraction of sp³-hybridized carbons (Fsp3) is 0.500. The van der Waals surface area contributed by atoms with E-state index in [1.165, 1.54) is 4.90 Å². The predicted molar refractivity (Wildman–Crippen MR) is 76.2 cm³/mol. The molecule has 1 atom stereocenters. The van der Waals surface area contributed by atoms with Crippen molar-refractivity contribution in [2.75, 3.05) is 13.1 Å². The molecule has 1 aromatic carbocycles. The van der Waals surface area contributed by atoms with Crippen molar-refractivity contribution < 1.29 is 15.0 Å². The van der Waals surface area contributed by atoms with Gasteiger partial charge in [-0.15, -0.1) is 0 Å². The molecule has 19 heavy (non-hydrogen) atoms. The van der Waals surface area contributed by atoms with E-state index in [-0.39, 0.29) is 5.92 Å². The Balaban J connectivity index is 1.88. The summed E-state index contributed by atoms with van der Waals surface area (Å²) in [6.07, 6.45) is 0.838. The monoisotopic (exact) mass is 327 g/mol. The molecule has 2 rings (SSSR count). The van der Waals surface area contributed by atoms with Crippen LogP contribution in [-0.4, -0.2) is 40.4 Å². The van der Waals surface area contributed by atoms with Gasteiger partial charge in [-0.3, -0.25) is 0 Å². The van der Waals surface area contributed by atoms with Crippen molar-refractivity contribution in [3.63, 3.8) is 0 Å². The average Bonchev–Trinajstić information content (AvgIpc) is 2.39. The summed E-state index contributed by atoms with van der Waals surface area (Å²) in [5.41, 5.74) is 1.10. The maximum absolute atomic E-state index is 10.8. The van der Waals surface area contributed by atoms with Gasteiger partial charge in [0.1, 0.15) is 0 Å². The minimum Gasteiger partial charge on any atom is -0.465 e. The molecule has 0 aliphatic carbocycles. The zero-order valence-electron chi connectivity index (χ0n) is 10.6. The number of halogens is 1. The Hall–Kier alpha value is -1.07. The molecule has 0 aromatic heterocycles. The fourth-order valence-corrected chi connectivity index (χ4v) is 2.99. The molecule has 5 heteroatoms. The lowest BCUT2D eigenvalue weighted by molar-refractivity contribution is 0.0582. The molecule has 104 valence electrons. The van der Waals surface area contributed by atoms with Gasteiger partial charge in [-0.25, -0.2) is 4.79 Å². The lowest BCUT2D eigenvalue weighted by atomic mass is 9.88. The Morgan fingerprint density at radius 3 is 2.68 bits per heavy atom. The van der Waals surface area contributed by atoms with Gasteiger partial charge in [0.25, 0.3) is 0 Å². The molecule has 1 aliphatic heterocycles. The Morgan fingerprint density at radius 2 is 2.11 bits per heavy atom. The number of nitrogens with zero attached hydrogens (tertiary/aromatic N) is 1. The average molecular weight is 328 g/mol. The molecule has 2 N–H and O–H groups in total. The topological polar surface area (TPSA) is 60.8 Å². The smallest absolute Gasteiger partial charge is 0.407 e. The van der Waals surface area contributed by atoms with Crippen LogP contribution in [0.4, 0.5) is 4.79 Å². The van der Waals surface area contributed by atoms with Crippen LogP contribution in [0.1, 0.15) is 18.4 Å². The Bertz CT molecular complexity index is 444. The van der Waals surface area contributed by atoms with E-state index >= 15 is 0 Å². The van der Waals surface area contributed by atoms with Crippen LogP contribution >= 0.6 is 15.9 Å². The van der Waals surface area contributed by atoms with Gasteiger partial charge in [0.05, 0.1) is 6.10 Å². The van der Waals surface area contributed by atoms with E-state index in [0.717, 1.165) is 22.9 Å². The minimum atomic E-state index is -0.861. The summed E-state index contributed by atoms with van der Waals surface area (Å²) in [4.78, 5) is 12.2. The number of aliphatic hydroxyl groups is 1. The number of rotatable bonds is 3. The van der Waals surface area contributed by atoms with Gasteiger partial charge < -0.3 is 15.1 Å². The number of amides is 1. The molecule has 0 radical (unpaired) electrons. The SMILES string of the molecule is O=C(O)N1CCC(C(O)Cc2cccc(Br)c2)CC1. The van der Waals surface area contributed by atoms with Crippen molar-refractivity contribution in [2.24, 2.45) is 5.92 Å². The van der Waals surface area contributed by atoms with Gasteiger partial charge in [-0.05, 0) is 42.9 Å². The van der Waals surface area contributed by atoms with E-state index in [1.807, 2.05) is 24.3 Å². The molecular formula is C14H18BrNO3. The maximum Gasteiger partial charge on any atom is 0.407 e. The summed E-state index contributed by atoms with van der Waals surface area (Å²) in [7, 11) is 0.